The summed E-state index contributed by atoms with van der Waals surface area (Å²) in [5.74, 6) is 0.573. The molecule has 0 fully saturated rings. The molecule has 1 aliphatic rings. The van der Waals surface area contributed by atoms with Crippen LogP contribution >= 0.6 is 23.1 Å². The molecular weight excluding hydrogens is 288 g/mol. The van der Waals surface area contributed by atoms with E-state index in [2.05, 4.69) is 18.0 Å². The summed E-state index contributed by atoms with van der Waals surface area (Å²) in [6, 6.07) is 4.31. The van der Waals surface area contributed by atoms with Gasteiger partial charge in [0.15, 0.2) is 0 Å². The van der Waals surface area contributed by atoms with Gasteiger partial charge in [-0.05, 0) is 30.9 Å². The van der Waals surface area contributed by atoms with Crippen molar-refractivity contribution in [3.8, 4) is 6.07 Å². The minimum atomic E-state index is -0.110. The lowest BCUT2D eigenvalue weighted by Gasteiger charge is -2.24. The van der Waals surface area contributed by atoms with Crippen LogP contribution < -0.4 is 5.32 Å². The summed E-state index contributed by atoms with van der Waals surface area (Å²) in [7, 11) is 0. The van der Waals surface area contributed by atoms with E-state index in [9.17, 15) is 10.1 Å². The van der Waals surface area contributed by atoms with Gasteiger partial charge in [-0.1, -0.05) is 12.2 Å². The molecule has 0 saturated carbocycles. The molecule has 0 radical (unpaired) electrons. The molecule has 0 aliphatic carbocycles. The van der Waals surface area contributed by atoms with Gasteiger partial charge < -0.3 is 5.32 Å². The highest BCUT2D eigenvalue weighted by Gasteiger charge is 2.31. The van der Waals surface area contributed by atoms with Gasteiger partial charge in [0.25, 0.3) is 0 Å². The van der Waals surface area contributed by atoms with Crippen molar-refractivity contribution in [2.45, 2.75) is 26.2 Å². The van der Waals surface area contributed by atoms with Crippen LogP contribution in [0.2, 0.25) is 0 Å². The van der Waals surface area contributed by atoms with E-state index in [1.54, 1.807) is 11.3 Å². The zero-order valence-corrected chi connectivity index (χ0v) is 13.2. The lowest BCUT2D eigenvalue weighted by atomic mass is 9.91. The number of thioether (sulfide) groups is 1. The molecule has 1 atom stereocenters. The van der Waals surface area contributed by atoms with Crippen LogP contribution in [0.3, 0.4) is 0 Å². The molecule has 2 heterocycles. The lowest BCUT2D eigenvalue weighted by Crippen LogP contribution is -2.30. The zero-order valence-electron chi connectivity index (χ0n) is 11.5. The third kappa shape index (κ3) is 3.14. The monoisotopic (exact) mass is 304 g/mol. The van der Waals surface area contributed by atoms with E-state index in [0.29, 0.717) is 22.8 Å². The Morgan fingerprint density at radius 1 is 1.70 bits per heavy atom. The van der Waals surface area contributed by atoms with Gasteiger partial charge in [0.05, 0.1) is 16.7 Å². The number of hydrogen-bond acceptors (Lipinski definition) is 4. The average Bonchev–Trinajstić information content (AvgIpc) is 2.81. The molecule has 20 heavy (non-hydrogen) atoms. The van der Waals surface area contributed by atoms with Crippen molar-refractivity contribution in [2.75, 3.05) is 5.75 Å². The highest BCUT2D eigenvalue weighted by atomic mass is 32.2. The molecule has 1 aromatic rings. The number of rotatable bonds is 4. The molecule has 0 aromatic carbocycles. The summed E-state index contributed by atoms with van der Waals surface area (Å²) in [6.45, 7) is 7.81. The second kappa shape index (κ2) is 6.29. The molecule has 1 aliphatic heterocycles. The largest absolute Gasteiger partial charge is 0.320 e. The average molecular weight is 304 g/mol. The van der Waals surface area contributed by atoms with Crippen molar-refractivity contribution in [3.63, 3.8) is 0 Å². The summed E-state index contributed by atoms with van der Waals surface area (Å²) >= 11 is 3.09. The minimum Gasteiger partial charge on any atom is -0.320 e. The van der Waals surface area contributed by atoms with Crippen LogP contribution in [0.25, 0.3) is 0 Å². The number of thiophene rings is 1. The van der Waals surface area contributed by atoms with Gasteiger partial charge in [-0.25, -0.2) is 0 Å². The smallest absolute Gasteiger partial charge is 0.225 e. The van der Waals surface area contributed by atoms with Crippen molar-refractivity contribution in [1.29, 1.82) is 5.26 Å². The molecular formula is C15H16N2OS2. The molecule has 0 bridgehead atoms. The number of allylic oxidation sites excluding steroid dienone is 1. The third-order valence-electron chi connectivity index (χ3n) is 3.04. The molecule has 104 valence electrons. The normalized spacial score (nSPS) is 18.6. The molecule has 0 saturated heterocycles. The Labute approximate surface area is 127 Å². The quantitative estimate of drug-likeness (QED) is 0.863. The highest BCUT2D eigenvalue weighted by molar-refractivity contribution is 8.03. The summed E-state index contributed by atoms with van der Waals surface area (Å²) in [6.07, 6.45) is 0.349. The fourth-order valence-electron chi connectivity index (χ4n) is 2.09. The van der Waals surface area contributed by atoms with Gasteiger partial charge in [-0.15, -0.1) is 23.1 Å². The molecule has 2 rings (SSSR count). The Balaban J connectivity index is 2.38. The van der Waals surface area contributed by atoms with E-state index in [0.717, 1.165) is 16.0 Å². The van der Waals surface area contributed by atoms with Gasteiger partial charge in [0.1, 0.15) is 0 Å². The first kappa shape index (κ1) is 14.9. The summed E-state index contributed by atoms with van der Waals surface area (Å²) in [5.41, 5.74) is 2.83. The Morgan fingerprint density at radius 2 is 2.45 bits per heavy atom. The fourth-order valence-corrected chi connectivity index (χ4v) is 4.05. The summed E-state index contributed by atoms with van der Waals surface area (Å²) < 4.78 is 0. The van der Waals surface area contributed by atoms with Crippen LogP contribution in [0.15, 0.2) is 34.2 Å². The standard InChI is InChI=1S/C15H16N2OS2/c1-9(2)8-20-15-12(7-16)11(6-13(18)17-15)14-10(3)4-5-19-14/h4-5,11H,1,6,8H2,2-3H3,(H,17,18)/t11-/m1/s1. The van der Waals surface area contributed by atoms with E-state index in [-0.39, 0.29) is 11.8 Å². The zero-order chi connectivity index (χ0) is 14.7. The van der Waals surface area contributed by atoms with Crippen molar-refractivity contribution < 1.29 is 4.79 Å². The number of carbonyl (C=O) groups excluding carboxylic acids is 1. The number of carbonyl (C=O) groups is 1. The Bertz CT molecular complexity index is 622. The van der Waals surface area contributed by atoms with E-state index in [4.69, 9.17) is 0 Å². The van der Waals surface area contributed by atoms with Crippen LogP contribution in [0.4, 0.5) is 0 Å². The van der Waals surface area contributed by atoms with Crippen LogP contribution in [0, 0.1) is 18.3 Å². The number of aryl methyl sites for hydroxylation is 1. The van der Waals surface area contributed by atoms with E-state index in [1.807, 2.05) is 25.3 Å². The highest BCUT2D eigenvalue weighted by Crippen LogP contribution is 2.39. The lowest BCUT2D eigenvalue weighted by molar-refractivity contribution is -0.120. The van der Waals surface area contributed by atoms with Crippen LogP contribution in [-0.4, -0.2) is 11.7 Å². The number of amides is 1. The van der Waals surface area contributed by atoms with Crippen LogP contribution in [0.5, 0.6) is 0 Å². The summed E-state index contributed by atoms with van der Waals surface area (Å²) in [4.78, 5) is 13.0. The molecule has 5 heteroatoms. The van der Waals surface area contributed by atoms with Gasteiger partial charge >= 0.3 is 0 Å². The first-order valence-electron chi connectivity index (χ1n) is 6.28. The number of nitriles is 1. The van der Waals surface area contributed by atoms with E-state index >= 15 is 0 Å². The van der Waals surface area contributed by atoms with Gasteiger partial charge in [0.2, 0.25) is 5.91 Å². The van der Waals surface area contributed by atoms with Crippen molar-refractivity contribution in [1.82, 2.24) is 5.32 Å². The van der Waals surface area contributed by atoms with E-state index in [1.165, 1.54) is 11.8 Å². The minimum absolute atomic E-state index is 0.0222. The predicted molar refractivity (Wildman–Crippen MR) is 84.5 cm³/mol. The number of hydrogen-bond donors (Lipinski definition) is 1. The maximum Gasteiger partial charge on any atom is 0.225 e. The SMILES string of the molecule is C=C(C)CSC1=C(C#N)[C@H](c2sccc2C)CC(=O)N1. The molecule has 1 aromatic heterocycles. The Morgan fingerprint density at radius 3 is 3.00 bits per heavy atom. The summed E-state index contributed by atoms with van der Waals surface area (Å²) in [5, 5.41) is 15.0. The fraction of sp³-hybridized carbons (Fsp3) is 0.333. The second-order valence-corrected chi connectivity index (χ2v) is 6.81. The predicted octanol–water partition coefficient (Wildman–Crippen LogP) is 3.70. The second-order valence-electron chi connectivity index (χ2n) is 4.87. The van der Waals surface area contributed by atoms with E-state index < -0.39 is 0 Å². The van der Waals surface area contributed by atoms with Crippen molar-refractivity contribution in [2.24, 2.45) is 0 Å². The molecule has 1 N–H and O–H groups in total. The van der Waals surface area contributed by atoms with Gasteiger partial charge in [-0.2, -0.15) is 5.26 Å². The van der Waals surface area contributed by atoms with Crippen molar-refractivity contribution in [3.05, 3.63) is 44.6 Å². The molecule has 3 nitrogen and oxygen atoms in total. The Kier molecular flexibility index (Phi) is 4.69. The maximum absolute atomic E-state index is 11.9. The number of nitrogens with one attached hydrogen (secondary N) is 1. The van der Waals surface area contributed by atoms with Crippen LogP contribution in [-0.2, 0) is 4.79 Å². The Hall–Kier alpha value is -1.51. The first-order valence-corrected chi connectivity index (χ1v) is 8.14. The van der Waals surface area contributed by atoms with Crippen LogP contribution in [0.1, 0.15) is 29.7 Å². The molecule has 0 spiro atoms. The molecule has 1 amide bonds. The number of nitrogens with zero attached hydrogens (tertiary/aromatic N) is 1. The topological polar surface area (TPSA) is 52.9 Å². The third-order valence-corrected chi connectivity index (χ3v) is 5.42. The first-order chi connectivity index (χ1) is 9.52. The van der Waals surface area contributed by atoms with Gasteiger partial charge in [0, 0.05) is 23.0 Å². The molecule has 0 unspecified atom stereocenters. The maximum atomic E-state index is 11.9. The van der Waals surface area contributed by atoms with Crippen molar-refractivity contribution >= 4 is 29.0 Å². The van der Waals surface area contributed by atoms with Gasteiger partial charge in [-0.3, -0.25) is 4.79 Å².